The lowest BCUT2D eigenvalue weighted by Gasteiger charge is -2.22. The Hall–Kier alpha value is -1.90. The molecule has 2 rings (SSSR count). The number of fused-ring (bicyclic) bond motifs is 1. The summed E-state index contributed by atoms with van der Waals surface area (Å²) in [6.45, 7) is 8.04. The van der Waals surface area contributed by atoms with Gasteiger partial charge in [0, 0.05) is 11.1 Å². The van der Waals surface area contributed by atoms with E-state index in [0.717, 1.165) is 16.6 Å². The van der Waals surface area contributed by atoms with Crippen LogP contribution in [-0.4, -0.2) is 10.9 Å². The van der Waals surface area contributed by atoms with Crippen molar-refractivity contribution in [1.29, 1.82) is 0 Å². The van der Waals surface area contributed by atoms with E-state index >= 15 is 0 Å². The molecule has 0 unspecified atom stereocenters. The van der Waals surface area contributed by atoms with E-state index < -0.39 is 0 Å². The molecule has 0 spiro atoms. The number of aliphatic imine (C=N–C) groups is 1. The van der Waals surface area contributed by atoms with E-state index in [4.69, 9.17) is 0 Å². The first kappa shape index (κ1) is 13.5. The van der Waals surface area contributed by atoms with Gasteiger partial charge in [-0.2, -0.15) is 0 Å². The van der Waals surface area contributed by atoms with Crippen LogP contribution in [0.15, 0.2) is 35.3 Å². The molecule has 3 nitrogen and oxygen atoms in total. The molecule has 100 valence electrons. The van der Waals surface area contributed by atoms with Gasteiger partial charge in [0.15, 0.2) is 0 Å². The van der Waals surface area contributed by atoms with Crippen molar-refractivity contribution in [3.8, 4) is 0 Å². The van der Waals surface area contributed by atoms with Gasteiger partial charge in [-0.15, -0.1) is 0 Å². The third-order valence-electron chi connectivity index (χ3n) is 2.76. The van der Waals surface area contributed by atoms with Gasteiger partial charge >= 0.3 is 0 Å². The van der Waals surface area contributed by atoms with Crippen molar-refractivity contribution in [2.75, 3.05) is 0 Å². The van der Waals surface area contributed by atoms with Crippen molar-refractivity contribution >= 4 is 22.5 Å². The molecule has 0 atom stereocenters. The first-order chi connectivity index (χ1) is 8.85. The van der Waals surface area contributed by atoms with E-state index in [1.165, 1.54) is 0 Å². The summed E-state index contributed by atoms with van der Waals surface area (Å²) in [5.41, 5.74) is 2.34. The van der Waals surface area contributed by atoms with Crippen LogP contribution in [0.3, 0.4) is 0 Å². The minimum atomic E-state index is -0.0942. The van der Waals surface area contributed by atoms with Crippen molar-refractivity contribution < 1.29 is 5.11 Å². The zero-order valence-corrected chi connectivity index (χ0v) is 11.9. The monoisotopic (exact) mass is 255 g/mol. The molecule has 0 bridgehead atoms. The Morgan fingerprint density at radius 2 is 1.95 bits per heavy atom. The molecule has 0 aliphatic carbocycles. The van der Waals surface area contributed by atoms with Gasteiger partial charge in [-0.25, -0.2) is 0 Å². The highest BCUT2D eigenvalue weighted by Crippen LogP contribution is 2.26. The number of pyridine rings is 1. The molecule has 1 aromatic heterocycles. The molecule has 0 amide bonds. The summed E-state index contributed by atoms with van der Waals surface area (Å²) in [5, 5.41) is 13.0. The van der Waals surface area contributed by atoms with E-state index in [2.05, 4.69) is 9.98 Å². The number of para-hydroxylation sites is 1. The molecular formula is C16H19N2O-. The number of nitrogens with zero attached hydrogens (tertiary/aromatic N) is 2. The van der Waals surface area contributed by atoms with Crippen molar-refractivity contribution in [2.45, 2.75) is 34.1 Å². The van der Waals surface area contributed by atoms with Gasteiger partial charge < -0.3 is 5.11 Å². The molecule has 3 heteroatoms. The molecule has 0 aliphatic heterocycles. The maximum Gasteiger partial charge on any atom is 0.0961 e. The van der Waals surface area contributed by atoms with E-state index in [1.54, 1.807) is 0 Å². The molecule has 0 aliphatic rings. The van der Waals surface area contributed by atoms with Gasteiger partial charge in [0.05, 0.1) is 11.2 Å². The fourth-order valence-corrected chi connectivity index (χ4v) is 1.95. The fraction of sp³-hybridized carbons (Fsp3) is 0.375. The second-order valence-corrected chi connectivity index (χ2v) is 6.04. The summed E-state index contributed by atoms with van der Waals surface area (Å²) in [7, 11) is 0. The summed E-state index contributed by atoms with van der Waals surface area (Å²) in [4.78, 5) is 8.69. The summed E-state index contributed by atoms with van der Waals surface area (Å²) in [6, 6.07) is 9.70. The first-order valence-electron chi connectivity index (χ1n) is 6.46. The summed E-state index contributed by atoms with van der Waals surface area (Å²) in [5.74, 6) is -0.0942. The van der Waals surface area contributed by atoms with Crippen molar-refractivity contribution in [3.05, 3.63) is 36.0 Å². The van der Waals surface area contributed by atoms with Crippen LogP contribution in [0.25, 0.3) is 10.9 Å². The highest BCUT2D eigenvalue weighted by molar-refractivity contribution is 5.91. The Labute approximate surface area is 114 Å². The lowest BCUT2D eigenvalue weighted by atomic mass is 9.92. The summed E-state index contributed by atoms with van der Waals surface area (Å²) in [6.07, 6.45) is 0.440. The average Bonchev–Trinajstić information content (AvgIpc) is 2.27. The number of hydrogen-bond acceptors (Lipinski definition) is 3. The smallest absolute Gasteiger partial charge is 0.0961 e. The predicted octanol–water partition coefficient (Wildman–Crippen LogP) is 3.37. The average molecular weight is 255 g/mol. The third-order valence-corrected chi connectivity index (χ3v) is 2.76. The third kappa shape index (κ3) is 3.53. The number of aromatic nitrogens is 1. The van der Waals surface area contributed by atoms with E-state index in [0.29, 0.717) is 12.1 Å². The minimum absolute atomic E-state index is 0.0471. The Bertz CT molecular complexity index is 624. The lowest BCUT2D eigenvalue weighted by Crippen LogP contribution is -2.23. The van der Waals surface area contributed by atoms with Crippen molar-refractivity contribution in [2.24, 2.45) is 10.4 Å². The summed E-state index contributed by atoms with van der Waals surface area (Å²) >= 11 is 0. The van der Waals surface area contributed by atoms with Gasteiger partial charge in [0.2, 0.25) is 0 Å². The first-order valence-corrected chi connectivity index (χ1v) is 6.46. The second-order valence-electron chi connectivity index (χ2n) is 6.04. The van der Waals surface area contributed by atoms with Gasteiger partial charge in [0.25, 0.3) is 0 Å². The van der Waals surface area contributed by atoms with Crippen LogP contribution in [0, 0.1) is 12.3 Å². The van der Waals surface area contributed by atoms with Gasteiger partial charge in [-0.3, -0.25) is 9.98 Å². The van der Waals surface area contributed by atoms with Crippen molar-refractivity contribution in [1.82, 2.24) is 4.98 Å². The maximum absolute atomic E-state index is 12.0. The summed E-state index contributed by atoms with van der Waals surface area (Å²) < 4.78 is 0. The van der Waals surface area contributed by atoms with Gasteiger partial charge in [-0.05, 0) is 36.8 Å². The highest BCUT2D eigenvalue weighted by atomic mass is 16.3. The molecular weight excluding hydrogens is 236 g/mol. The quantitative estimate of drug-likeness (QED) is 0.610. The van der Waals surface area contributed by atoms with Crippen LogP contribution in [-0.2, 0) is 0 Å². The van der Waals surface area contributed by atoms with Gasteiger partial charge in [0.1, 0.15) is 0 Å². The predicted molar refractivity (Wildman–Crippen MR) is 77.6 cm³/mol. The number of benzene rings is 1. The highest BCUT2D eigenvalue weighted by Gasteiger charge is 2.09. The zero-order valence-electron chi connectivity index (χ0n) is 11.9. The molecule has 0 saturated heterocycles. The molecule has 1 aromatic carbocycles. The van der Waals surface area contributed by atoms with E-state index in [-0.39, 0.29) is 11.3 Å². The van der Waals surface area contributed by atoms with Gasteiger partial charge in [-0.1, -0.05) is 39.0 Å². The Balaban J connectivity index is 2.45. The number of rotatable bonds is 2. The topological polar surface area (TPSA) is 48.3 Å². The van der Waals surface area contributed by atoms with Crippen LogP contribution in [0.1, 0.15) is 32.9 Å². The Kier molecular flexibility index (Phi) is 3.56. The fourth-order valence-electron chi connectivity index (χ4n) is 1.95. The van der Waals surface area contributed by atoms with Crippen LogP contribution >= 0.6 is 0 Å². The Morgan fingerprint density at radius 3 is 2.63 bits per heavy atom. The molecule has 0 radical (unpaired) electrons. The molecule has 0 fully saturated rings. The second kappa shape index (κ2) is 5.00. The number of hydrogen-bond donors (Lipinski definition) is 0. The normalized spacial score (nSPS) is 12.9. The Morgan fingerprint density at radius 1 is 1.21 bits per heavy atom. The number of aryl methyl sites for hydroxylation is 1. The van der Waals surface area contributed by atoms with Crippen LogP contribution in [0.5, 0.6) is 0 Å². The molecule has 0 N–H and O–H groups in total. The molecule has 2 aromatic rings. The zero-order chi connectivity index (χ0) is 14.0. The minimum Gasteiger partial charge on any atom is -0.862 e. The van der Waals surface area contributed by atoms with Crippen LogP contribution < -0.4 is 5.11 Å². The molecule has 1 heterocycles. The van der Waals surface area contributed by atoms with Crippen LogP contribution in [0.4, 0.5) is 5.69 Å². The molecule has 19 heavy (non-hydrogen) atoms. The standard InChI is InChI=1S/C16H20N2O/c1-11-8-9-12-6-5-7-13(15(12)17-11)18-14(19)10-16(2,3)4/h5-9H,10H2,1-4H3,(H,18,19)/p-1. The largest absolute Gasteiger partial charge is 0.862 e. The van der Waals surface area contributed by atoms with E-state index in [1.807, 2.05) is 58.0 Å². The maximum atomic E-state index is 12.0. The lowest BCUT2D eigenvalue weighted by molar-refractivity contribution is -0.220. The SMILES string of the molecule is Cc1ccc2cccc(N=C([O-])CC(C)(C)C)c2n1. The van der Waals surface area contributed by atoms with Crippen molar-refractivity contribution in [3.63, 3.8) is 0 Å². The molecule has 0 saturated carbocycles. The van der Waals surface area contributed by atoms with Crippen LogP contribution in [0.2, 0.25) is 0 Å². The van der Waals surface area contributed by atoms with E-state index in [9.17, 15) is 5.11 Å².